The highest BCUT2D eigenvalue weighted by molar-refractivity contribution is 6.39. The van der Waals surface area contributed by atoms with Gasteiger partial charge in [0, 0.05) is 5.69 Å². The largest absolute Gasteiger partial charge is 0.333 e. The average Bonchev–Trinajstić information content (AvgIpc) is 2.24. The molecule has 16 heavy (non-hydrogen) atoms. The van der Waals surface area contributed by atoms with Crippen LogP contribution in [0.2, 0.25) is 0 Å². The molecule has 1 aromatic rings. The van der Waals surface area contributed by atoms with Crippen molar-refractivity contribution >= 4 is 17.5 Å². The fraction of sp³-hybridized carbons (Fsp3) is 0.200. The fourth-order valence-corrected chi connectivity index (χ4v) is 1.05. The second-order valence-corrected chi connectivity index (χ2v) is 3.05. The van der Waals surface area contributed by atoms with Gasteiger partial charge in [0.2, 0.25) is 0 Å². The number of halogens is 1. The smallest absolute Gasteiger partial charge is 0.318 e. The Hall–Kier alpha value is -1.95. The minimum atomic E-state index is -0.926. The molecule has 5 nitrogen and oxygen atoms in total. The first kappa shape index (κ1) is 12.1. The molecule has 0 atom stereocenters. The first-order chi connectivity index (χ1) is 7.54. The van der Waals surface area contributed by atoms with Crippen LogP contribution in [0.4, 0.5) is 10.1 Å². The van der Waals surface area contributed by atoms with E-state index in [9.17, 15) is 14.0 Å². The zero-order valence-electron chi connectivity index (χ0n) is 8.83. The summed E-state index contributed by atoms with van der Waals surface area (Å²) >= 11 is 0. The van der Waals surface area contributed by atoms with Gasteiger partial charge in [0.1, 0.15) is 5.82 Å². The van der Waals surface area contributed by atoms with Gasteiger partial charge in [-0.05, 0) is 30.7 Å². The predicted molar refractivity (Wildman–Crippen MR) is 54.9 cm³/mol. The van der Waals surface area contributed by atoms with E-state index in [4.69, 9.17) is 0 Å². The summed E-state index contributed by atoms with van der Waals surface area (Å²) in [5.74, 6) is -2.18. The normalized spacial score (nSPS) is 9.69. The SMILES string of the molecule is CONC(=O)C(=O)Nc1ccc(F)c(C)c1. The van der Waals surface area contributed by atoms with Crippen LogP contribution < -0.4 is 10.8 Å². The lowest BCUT2D eigenvalue weighted by Gasteiger charge is -2.05. The maximum atomic E-state index is 12.9. The van der Waals surface area contributed by atoms with Crippen molar-refractivity contribution in [2.75, 3.05) is 12.4 Å². The molecule has 0 radical (unpaired) electrons. The number of hydrogen-bond donors (Lipinski definition) is 2. The van der Waals surface area contributed by atoms with E-state index in [1.165, 1.54) is 25.3 Å². The number of carbonyl (C=O) groups is 2. The van der Waals surface area contributed by atoms with Crippen molar-refractivity contribution in [3.8, 4) is 0 Å². The lowest BCUT2D eigenvalue weighted by Crippen LogP contribution is -2.34. The molecule has 1 rings (SSSR count). The molecule has 86 valence electrons. The predicted octanol–water partition coefficient (Wildman–Crippen LogP) is 0.750. The van der Waals surface area contributed by atoms with Crippen LogP contribution in [-0.2, 0) is 14.4 Å². The highest BCUT2D eigenvalue weighted by Gasteiger charge is 2.13. The topological polar surface area (TPSA) is 67.4 Å². The number of anilines is 1. The van der Waals surface area contributed by atoms with E-state index < -0.39 is 11.8 Å². The Morgan fingerprint density at radius 1 is 1.31 bits per heavy atom. The molecular formula is C10H11FN2O3. The number of rotatable bonds is 2. The Kier molecular flexibility index (Phi) is 3.96. The molecule has 2 amide bonds. The second-order valence-electron chi connectivity index (χ2n) is 3.05. The van der Waals surface area contributed by atoms with Crippen LogP contribution in [0.1, 0.15) is 5.56 Å². The molecule has 2 N–H and O–H groups in total. The molecule has 1 aromatic carbocycles. The molecule has 0 saturated heterocycles. The van der Waals surface area contributed by atoms with Crippen molar-refractivity contribution in [1.82, 2.24) is 5.48 Å². The Labute approximate surface area is 91.5 Å². The Morgan fingerprint density at radius 3 is 2.56 bits per heavy atom. The molecule has 0 unspecified atom stereocenters. The third kappa shape index (κ3) is 3.03. The van der Waals surface area contributed by atoms with Gasteiger partial charge < -0.3 is 5.32 Å². The molecule has 0 saturated carbocycles. The molecule has 0 aliphatic heterocycles. The van der Waals surface area contributed by atoms with E-state index in [1.807, 2.05) is 5.48 Å². The molecule has 0 aromatic heterocycles. The van der Waals surface area contributed by atoms with Crippen molar-refractivity contribution in [3.05, 3.63) is 29.6 Å². The zero-order chi connectivity index (χ0) is 12.1. The van der Waals surface area contributed by atoms with Gasteiger partial charge in [0.15, 0.2) is 0 Å². The summed E-state index contributed by atoms with van der Waals surface area (Å²) in [5.41, 5.74) is 2.59. The fourth-order valence-electron chi connectivity index (χ4n) is 1.05. The molecule has 0 bridgehead atoms. The molecule has 0 fully saturated rings. The van der Waals surface area contributed by atoms with Gasteiger partial charge in [0.05, 0.1) is 7.11 Å². The highest BCUT2D eigenvalue weighted by Crippen LogP contribution is 2.13. The summed E-state index contributed by atoms with van der Waals surface area (Å²) in [6.45, 7) is 1.56. The van der Waals surface area contributed by atoms with Gasteiger partial charge in [0.25, 0.3) is 0 Å². The van der Waals surface area contributed by atoms with Crippen LogP contribution in [-0.4, -0.2) is 18.9 Å². The monoisotopic (exact) mass is 226 g/mol. The van der Waals surface area contributed by atoms with Crippen molar-refractivity contribution in [2.45, 2.75) is 6.92 Å². The van der Waals surface area contributed by atoms with Gasteiger partial charge in [-0.15, -0.1) is 0 Å². The Bertz CT molecular complexity index is 421. The van der Waals surface area contributed by atoms with Crippen molar-refractivity contribution in [1.29, 1.82) is 0 Å². The van der Waals surface area contributed by atoms with Crippen LogP contribution in [0.15, 0.2) is 18.2 Å². The summed E-state index contributed by atoms with van der Waals surface area (Å²) in [7, 11) is 1.22. The summed E-state index contributed by atoms with van der Waals surface area (Å²) in [4.78, 5) is 26.5. The second kappa shape index (κ2) is 5.22. The minimum absolute atomic E-state index is 0.343. The van der Waals surface area contributed by atoms with Gasteiger partial charge in [-0.25, -0.2) is 9.87 Å². The molecule has 0 aliphatic rings. The van der Waals surface area contributed by atoms with Crippen LogP contribution in [0.25, 0.3) is 0 Å². The number of benzene rings is 1. The van der Waals surface area contributed by atoms with E-state index in [0.717, 1.165) is 0 Å². The lowest BCUT2D eigenvalue weighted by molar-refractivity contribution is -0.142. The third-order valence-corrected chi connectivity index (χ3v) is 1.82. The van der Waals surface area contributed by atoms with E-state index in [2.05, 4.69) is 10.2 Å². The number of hydroxylamine groups is 1. The van der Waals surface area contributed by atoms with Crippen molar-refractivity contribution < 1.29 is 18.8 Å². The van der Waals surface area contributed by atoms with E-state index in [1.54, 1.807) is 6.92 Å². The minimum Gasteiger partial charge on any atom is -0.318 e. The Balaban J connectivity index is 2.70. The molecule has 6 heteroatoms. The highest BCUT2D eigenvalue weighted by atomic mass is 19.1. The first-order valence-electron chi connectivity index (χ1n) is 4.45. The number of hydrogen-bond acceptors (Lipinski definition) is 3. The van der Waals surface area contributed by atoms with Crippen molar-refractivity contribution in [2.24, 2.45) is 0 Å². The first-order valence-corrected chi connectivity index (χ1v) is 4.45. The summed E-state index contributed by atoms with van der Waals surface area (Å²) in [6, 6.07) is 3.99. The van der Waals surface area contributed by atoms with E-state index >= 15 is 0 Å². The van der Waals surface area contributed by atoms with Crippen LogP contribution in [0.5, 0.6) is 0 Å². The number of nitrogens with one attached hydrogen (secondary N) is 2. The van der Waals surface area contributed by atoms with Gasteiger partial charge in [-0.2, -0.15) is 0 Å². The van der Waals surface area contributed by atoms with Crippen LogP contribution >= 0.6 is 0 Å². The quantitative estimate of drug-likeness (QED) is 0.577. The molecule has 0 heterocycles. The maximum Gasteiger partial charge on any atom is 0.333 e. The van der Waals surface area contributed by atoms with Crippen LogP contribution in [0, 0.1) is 12.7 Å². The Morgan fingerprint density at radius 2 is 2.00 bits per heavy atom. The van der Waals surface area contributed by atoms with E-state index in [0.29, 0.717) is 11.3 Å². The van der Waals surface area contributed by atoms with Gasteiger partial charge in [-0.1, -0.05) is 0 Å². The molecule has 0 spiro atoms. The summed E-state index contributed by atoms with van der Waals surface area (Å²) in [6.07, 6.45) is 0. The zero-order valence-corrected chi connectivity index (χ0v) is 8.83. The van der Waals surface area contributed by atoms with Crippen molar-refractivity contribution in [3.63, 3.8) is 0 Å². The standard InChI is InChI=1S/C10H11FN2O3/c1-6-5-7(3-4-8(6)11)12-9(14)10(15)13-16-2/h3-5H,1-2H3,(H,12,14)(H,13,15). The number of carbonyl (C=O) groups excluding carboxylic acids is 2. The van der Waals surface area contributed by atoms with Gasteiger partial charge >= 0.3 is 11.8 Å². The summed E-state index contributed by atoms with van der Waals surface area (Å²) < 4.78 is 12.9. The maximum absolute atomic E-state index is 12.9. The average molecular weight is 226 g/mol. The number of amides is 2. The van der Waals surface area contributed by atoms with Crippen LogP contribution in [0.3, 0.4) is 0 Å². The lowest BCUT2D eigenvalue weighted by atomic mass is 10.2. The molecular weight excluding hydrogens is 215 g/mol. The van der Waals surface area contributed by atoms with E-state index in [-0.39, 0.29) is 5.82 Å². The molecule has 0 aliphatic carbocycles. The third-order valence-electron chi connectivity index (χ3n) is 1.82. The van der Waals surface area contributed by atoms with Gasteiger partial charge in [-0.3, -0.25) is 14.4 Å². The number of aryl methyl sites for hydroxylation is 1. The summed E-state index contributed by atoms with van der Waals surface area (Å²) in [5, 5.41) is 2.30.